The molecule has 0 fully saturated rings. The van der Waals surface area contributed by atoms with Crippen molar-refractivity contribution in [3.63, 3.8) is 0 Å². The monoisotopic (exact) mass is 458 g/mol. The van der Waals surface area contributed by atoms with E-state index in [4.69, 9.17) is 0 Å². The Bertz CT molecular complexity index is 1350. The largest absolute Gasteiger partial charge is 0.491 e. The van der Waals surface area contributed by atoms with E-state index >= 15 is 0 Å². The molecule has 6 nitrogen and oxygen atoms in total. The number of halogens is 4. The number of carbonyl (C=O) groups excluding carboxylic acids is 1. The molecule has 0 saturated carbocycles. The van der Waals surface area contributed by atoms with Crippen molar-refractivity contribution in [2.75, 3.05) is 12.4 Å². The Morgan fingerprint density at radius 3 is 2.09 bits per heavy atom. The van der Waals surface area contributed by atoms with Gasteiger partial charge in [-0.05, 0) is 48.7 Å². The summed E-state index contributed by atoms with van der Waals surface area (Å²) < 4.78 is 60.9. The Labute approximate surface area is 185 Å². The number of aromatic nitrogens is 3. The summed E-state index contributed by atoms with van der Waals surface area (Å²) in [4.78, 5) is 13.9. The number of nitrogens with zero attached hydrogens (tertiary/aromatic N) is 3. The van der Waals surface area contributed by atoms with Crippen LogP contribution in [0.2, 0.25) is 0 Å². The maximum absolute atomic E-state index is 14.3. The number of anilines is 1. The first-order chi connectivity index (χ1) is 15.7. The van der Waals surface area contributed by atoms with E-state index in [9.17, 15) is 22.4 Å². The van der Waals surface area contributed by atoms with Crippen molar-refractivity contribution in [1.82, 2.24) is 15.0 Å². The quantitative estimate of drug-likeness (QED) is 0.333. The van der Waals surface area contributed by atoms with Gasteiger partial charge in [0.15, 0.2) is 17.4 Å². The number of hydrogen-bond donors (Lipinski definition) is 1. The Morgan fingerprint density at radius 1 is 0.970 bits per heavy atom. The summed E-state index contributed by atoms with van der Waals surface area (Å²) in [5.41, 5.74) is 2.04. The van der Waals surface area contributed by atoms with Crippen LogP contribution in [0.3, 0.4) is 0 Å². The molecule has 1 amide bonds. The average molecular weight is 458 g/mol. The zero-order valence-electron chi connectivity index (χ0n) is 17.8. The van der Waals surface area contributed by atoms with Gasteiger partial charge in [-0.2, -0.15) is 13.6 Å². The van der Waals surface area contributed by atoms with Crippen molar-refractivity contribution in [2.24, 2.45) is 0 Å². The fourth-order valence-corrected chi connectivity index (χ4v) is 3.36. The first kappa shape index (κ1) is 22.3. The van der Waals surface area contributed by atoms with Gasteiger partial charge in [0, 0.05) is 5.69 Å². The highest BCUT2D eigenvalue weighted by Crippen LogP contribution is 2.31. The topological polar surface area (TPSA) is 69.0 Å². The van der Waals surface area contributed by atoms with E-state index in [2.05, 4.69) is 20.3 Å². The molecule has 0 aliphatic rings. The van der Waals surface area contributed by atoms with Crippen LogP contribution in [0.25, 0.3) is 16.7 Å². The van der Waals surface area contributed by atoms with Crippen LogP contribution < -0.4 is 10.1 Å². The van der Waals surface area contributed by atoms with E-state index in [1.54, 1.807) is 13.0 Å². The van der Waals surface area contributed by atoms with Crippen LogP contribution in [0.1, 0.15) is 28.4 Å². The molecular weight excluding hydrogens is 440 g/mol. The minimum Gasteiger partial charge on any atom is -0.491 e. The van der Waals surface area contributed by atoms with Crippen molar-refractivity contribution < 1.29 is 27.1 Å². The molecule has 170 valence electrons. The van der Waals surface area contributed by atoms with E-state index in [0.717, 1.165) is 24.8 Å². The van der Waals surface area contributed by atoms with Gasteiger partial charge in [0.1, 0.15) is 16.6 Å². The van der Waals surface area contributed by atoms with Crippen LogP contribution >= 0.6 is 0 Å². The van der Waals surface area contributed by atoms with Crippen LogP contribution in [-0.2, 0) is 6.42 Å². The predicted molar refractivity (Wildman–Crippen MR) is 114 cm³/mol. The molecule has 33 heavy (non-hydrogen) atoms. The number of fused-ring (bicyclic) bond motifs is 1. The molecule has 3 aromatic carbocycles. The molecule has 1 aromatic heterocycles. The van der Waals surface area contributed by atoms with Crippen LogP contribution in [0.5, 0.6) is 5.75 Å². The van der Waals surface area contributed by atoms with Gasteiger partial charge in [0.25, 0.3) is 5.91 Å². The Kier molecular flexibility index (Phi) is 5.75. The maximum atomic E-state index is 14.3. The molecular formula is C23H18F4N4O2. The standard InChI is InChI=1S/C23H18F4N4O2/c1-4-12-5-7-13(8-6-12)31-29-15-9-11(2)14(10-16(15)30-31)28-23(32)17-18(24)20(26)22(33-3)21(27)19(17)25/h5-10H,4H2,1-3H3,(H,28,32). The number of benzene rings is 3. The van der Waals surface area contributed by atoms with E-state index in [0.29, 0.717) is 16.6 Å². The van der Waals surface area contributed by atoms with Gasteiger partial charge in [-0.3, -0.25) is 4.79 Å². The molecule has 4 rings (SSSR count). The second kappa shape index (κ2) is 8.53. The van der Waals surface area contributed by atoms with Gasteiger partial charge < -0.3 is 10.1 Å². The first-order valence-corrected chi connectivity index (χ1v) is 9.93. The summed E-state index contributed by atoms with van der Waals surface area (Å²) in [6.07, 6.45) is 0.889. The third kappa shape index (κ3) is 3.88. The molecule has 10 heteroatoms. The van der Waals surface area contributed by atoms with Crippen LogP contribution in [0.15, 0.2) is 36.4 Å². The highest BCUT2D eigenvalue weighted by Gasteiger charge is 2.30. The van der Waals surface area contributed by atoms with E-state index in [-0.39, 0.29) is 5.69 Å². The smallest absolute Gasteiger partial charge is 0.261 e. The number of amides is 1. The van der Waals surface area contributed by atoms with Crippen molar-refractivity contribution in [2.45, 2.75) is 20.3 Å². The van der Waals surface area contributed by atoms with E-state index in [1.807, 2.05) is 31.2 Å². The molecule has 0 saturated heterocycles. The maximum Gasteiger partial charge on any atom is 0.261 e. The van der Waals surface area contributed by atoms with Gasteiger partial charge in [0.2, 0.25) is 11.6 Å². The molecule has 0 aliphatic heterocycles. The SMILES string of the molecule is CCc1ccc(-n2nc3cc(C)c(NC(=O)c4c(F)c(F)c(OC)c(F)c4F)cc3n2)cc1. The molecule has 0 bridgehead atoms. The summed E-state index contributed by atoms with van der Waals surface area (Å²) in [5, 5.41) is 11.1. The van der Waals surface area contributed by atoms with Crippen molar-refractivity contribution in [3.8, 4) is 11.4 Å². The van der Waals surface area contributed by atoms with Crippen LogP contribution in [-0.4, -0.2) is 28.0 Å². The summed E-state index contributed by atoms with van der Waals surface area (Å²) in [6, 6.07) is 10.7. The lowest BCUT2D eigenvalue weighted by Gasteiger charge is -2.12. The molecule has 0 radical (unpaired) electrons. The Morgan fingerprint density at radius 2 is 1.55 bits per heavy atom. The molecule has 4 aromatic rings. The lowest BCUT2D eigenvalue weighted by molar-refractivity contribution is 0.101. The average Bonchev–Trinajstić information content (AvgIpc) is 3.21. The number of methoxy groups -OCH3 is 1. The minimum atomic E-state index is -1.86. The summed E-state index contributed by atoms with van der Waals surface area (Å²) in [6.45, 7) is 3.67. The number of carbonyl (C=O) groups is 1. The number of hydrogen-bond acceptors (Lipinski definition) is 4. The number of aryl methyl sites for hydroxylation is 2. The van der Waals surface area contributed by atoms with E-state index < -0.39 is 40.5 Å². The number of ether oxygens (including phenoxy) is 1. The van der Waals surface area contributed by atoms with Gasteiger partial charge in [0.05, 0.1) is 12.8 Å². The first-order valence-electron chi connectivity index (χ1n) is 9.93. The fraction of sp³-hybridized carbons (Fsp3) is 0.174. The molecule has 0 atom stereocenters. The number of rotatable bonds is 5. The van der Waals surface area contributed by atoms with Crippen LogP contribution in [0.4, 0.5) is 23.2 Å². The minimum absolute atomic E-state index is 0.149. The second-order valence-electron chi connectivity index (χ2n) is 7.28. The van der Waals surface area contributed by atoms with Crippen molar-refractivity contribution in [3.05, 3.63) is 76.4 Å². The fourth-order valence-electron chi connectivity index (χ4n) is 3.36. The molecule has 0 aliphatic carbocycles. The molecule has 0 spiro atoms. The van der Waals surface area contributed by atoms with E-state index in [1.165, 1.54) is 10.9 Å². The molecule has 0 unspecified atom stereocenters. The highest BCUT2D eigenvalue weighted by atomic mass is 19.2. The normalized spacial score (nSPS) is 11.1. The van der Waals surface area contributed by atoms with Gasteiger partial charge >= 0.3 is 0 Å². The molecule has 1 N–H and O–H groups in total. The molecule has 1 heterocycles. The van der Waals surface area contributed by atoms with Crippen LogP contribution in [0, 0.1) is 30.2 Å². The van der Waals surface area contributed by atoms with Crippen molar-refractivity contribution in [1.29, 1.82) is 0 Å². The summed E-state index contributed by atoms with van der Waals surface area (Å²) in [7, 11) is 0.851. The zero-order chi connectivity index (χ0) is 23.9. The van der Waals surface area contributed by atoms with Crippen molar-refractivity contribution >= 4 is 22.6 Å². The zero-order valence-corrected chi connectivity index (χ0v) is 17.8. The summed E-state index contributed by atoms with van der Waals surface area (Å²) >= 11 is 0. The third-order valence-electron chi connectivity index (χ3n) is 5.20. The summed E-state index contributed by atoms with van der Waals surface area (Å²) in [5.74, 6) is -9.93. The van der Waals surface area contributed by atoms with Gasteiger partial charge in [-0.1, -0.05) is 19.1 Å². The highest BCUT2D eigenvalue weighted by molar-refractivity contribution is 6.06. The Balaban J connectivity index is 1.69. The second-order valence-corrected chi connectivity index (χ2v) is 7.28. The number of nitrogens with one attached hydrogen (secondary N) is 1. The van der Waals surface area contributed by atoms with Gasteiger partial charge in [-0.25, -0.2) is 8.78 Å². The van der Waals surface area contributed by atoms with Gasteiger partial charge in [-0.15, -0.1) is 10.2 Å². The lowest BCUT2D eigenvalue weighted by Crippen LogP contribution is -2.19. The predicted octanol–water partition coefficient (Wildman–Crippen LogP) is 5.11. The Hall–Kier alpha value is -3.95. The third-order valence-corrected chi connectivity index (χ3v) is 5.20. The lowest BCUT2D eigenvalue weighted by atomic mass is 10.1.